The van der Waals surface area contributed by atoms with E-state index in [4.69, 9.17) is 4.74 Å². The van der Waals surface area contributed by atoms with Gasteiger partial charge in [0.05, 0.1) is 6.54 Å². The number of aryl methyl sites for hydroxylation is 1. The molecular weight excluding hydrogens is 626 g/mol. The fourth-order valence-corrected chi connectivity index (χ4v) is 5.82. The van der Waals surface area contributed by atoms with Crippen LogP contribution in [0.15, 0.2) is 72.8 Å². The number of anilines is 1. The molecule has 5 rings (SSSR count). The molecule has 0 radical (unpaired) electrons. The highest BCUT2D eigenvalue weighted by molar-refractivity contribution is 6.00. The Balaban J connectivity index is 1.33. The smallest absolute Gasteiger partial charge is 0.408 e. The van der Waals surface area contributed by atoms with Crippen molar-refractivity contribution in [2.45, 2.75) is 84.2 Å². The second kappa shape index (κ2) is 14.3. The molecule has 13 nitrogen and oxygen atoms in total. The molecule has 2 heterocycles. The van der Waals surface area contributed by atoms with Gasteiger partial charge in [0, 0.05) is 23.2 Å². The van der Waals surface area contributed by atoms with Crippen molar-refractivity contribution in [2.75, 3.05) is 4.90 Å². The van der Waals surface area contributed by atoms with Crippen LogP contribution in [0, 0.1) is 0 Å². The molecule has 1 aliphatic heterocycles. The average Bonchev–Trinajstić information content (AvgIpc) is 3.43. The zero-order valence-corrected chi connectivity index (χ0v) is 28.3. The Morgan fingerprint density at radius 1 is 0.939 bits per heavy atom. The number of alkyl carbamates (subject to hydrolysis) is 1. The van der Waals surface area contributed by atoms with Crippen LogP contribution in [0.5, 0.6) is 0 Å². The highest BCUT2D eigenvalue weighted by Crippen LogP contribution is 2.32. The van der Waals surface area contributed by atoms with Crippen molar-refractivity contribution in [1.29, 1.82) is 0 Å². The fraction of sp³-hybridized carbons (Fsp3) is 0.361. The number of aliphatic carboxylic acids is 1. The molecule has 4 aromatic rings. The molecule has 3 amide bonds. The van der Waals surface area contributed by atoms with Gasteiger partial charge in [-0.3, -0.25) is 14.4 Å². The highest BCUT2D eigenvalue weighted by atomic mass is 16.6. The summed E-state index contributed by atoms with van der Waals surface area (Å²) in [4.78, 5) is 52.7. The lowest BCUT2D eigenvalue weighted by molar-refractivity contribution is -0.138. The average molecular weight is 668 g/mol. The van der Waals surface area contributed by atoms with Crippen molar-refractivity contribution in [3.05, 3.63) is 83.9 Å². The van der Waals surface area contributed by atoms with Crippen LogP contribution in [0.3, 0.4) is 0 Å². The van der Waals surface area contributed by atoms with E-state index in [1.807, 2.05) is 72.8 Å². The minimum Gasteiger partial charge on any atom is -0.480 e. The van der Waals surface area contributed by atoms with Gasteiger partial charge in [-0.05, 0) is 86.2 Å². The highest BCUT2D eigenvalue weighted by Gasteiger charge is 2.33. The van der Waals surface area contributed by atoms with Crippen LogP contribution >= 0.6 is 0 Å². The lowest BCUT2D eigenvalue weighted by Gasteiger charge is -2.29. The lowest BCUT2D eigenvalue weighted by Crippen LogP contribution is -2.52. The standard InChI is InChI=1S/C36H41N7O6/c1-35(2,3)49-34(48)38-36(4,5)20-30(44)37-28-19-18-25-10-6-9-13-29(25)42(33(28)47)21-23-14-16-24(17-15-23)26-11-7-8-12-27(26)32-39-40-41-43(32)22-31(45)46/h6-17,28H,18-22H2,1-5H3,(H,37,44)(H,38,48)(H,45,46)/t28-/m1/s1. The maximum absolute atomic E-state index is 14.1. The molecule has 49 heavy (non-hydrogen) atoms. The van der Waals surface area contributed by atoms with Crippen LogP contribution in [0.25, 0.3) is 22.5 Å². The maximum atomic E-state index is 14.1. The molecule has 0 aliphatic carbocycles. The van der Waals surface area contributed by atoms with Crippen LogP contribution in [-0.4, -0.2) is 66.4 Å². The molecule has 0 spiro atoms. The quantitative estimate of drug-likeness (QED) is 0.216. The summed E-state index contributed by atoms with van der Waals surface area (Å²) in [5.74, 6) is -1.30. The number of benzene rings is 3. The number of carbonyl (C=O) groups excluding carboxylic acids is 3. The van der Waals surface area contributed by atoms with Gasteiger partial charge >= 0.3 is 12.1 Å². The van der Waals surface area contributed by atoms with Crippen molar-refractivity contribution < 1.29 is 29.0 Å². The third-order valence-corrected chi connectivity index (χ3v) is 7.92. The Morgan fingerprint density at radius 3 is 2.31 bits per heavy atom. The molecule has 0 saturated carbocycles. The number of ether oxygens (including phenoxy) is 1. The van der Waals surface area contributed by atoms with Crippen molar-refractivity contribution >= 4 is 29.6 Å². The van der Waals surface area contributed by atoms with Crippen LogP contribution < -0.4 is 15.5 Å². The molecule has 0 bridgehead atoms. The predicted octanol–water partition coefficient (Wildman–Crippen LogP) is 4.75. The van der Waals surface area contributed by atoms with Crippen molar-refractivity contribution in [3.63, 3.8) is 0 Å². The second-order valence-electron chi connectivity index (χ2n) is 13.7. The van der Waals surface area contributed by atoms with Gasteiger partial charge in [0.1, 0.15) is 18.2 Å². The van der Waals surface area contributed by atoms with Crippen molar-refractivity contribution in [2.24, 2.45) is 0 Å². The van der Waals surface area contributed by atoms with Crippen molar-refractivity contribution in [1.82, 2.24) is 30.8 Å². The number of carbonyl (C=O) groups is 4. The number of rotatable bonds is 10. The Labute approximate surface area is 284 Å². The fourth-order valence-electron chi connectivity index (χ4n) is 5.82. The zero-order valence-electron chi connectivity index (χ0n) is 28.3. The number of carboxylic acids is 1. The van der Waals surface area contributed by atoms with Crippen LogP contribution in [0.1, 0.15) is 58.6 Å². The maximum Gasteiger partial charge on any atom is 0.408 e. The summed E-state index contributed by atoms with van der Waals surface area (Å²) in [7, 11) is 0. The molecule has 13 heteroatoms. The minimum atomic E-state index is -1.05. The van der Waals surface area contributed by atoms with Gasteiger partial charge in [0.25, 0.3) is 0 Å². The van der Waals surface area contributed by atoms with E-state index in [-0.39, 0.29) is 31.3 Å². The number of para-hydroxylation sites is 1. The topological polar surface area (TPSA) is 169 Å². The number of nitrogens with zero attached hydrogens (tertiary/aromatic N) is 5. The number of carboxylic acid groups (broad SMARTS) is 1. The van der Waals surface area contributed by atoms with Crippen LogP contribution in [0.4, 0.5) is 10.5 Å². The predicted molar refractivity (Wildman–Crippen MR) is 182 cm³/mol. The van der Waals surface area contributed by atoms with Gasteiger partial charge in [0.15, 0.2) is 5.82 Å². The van der Waals surface area contributed by atoms with E-state index in [2.05, 4.69) is 26.2 Å². The summed E-state index contributed by atoms with van der Waals surface area (Å²) in [6.07, 6.45) is 0.356. The SMILES string of the molecule is CC(C)(CC(=O)N[C@@H]1CCc2ccccc2N(Cc2ccc(-c3ccccc3-c3nnnn3CC(=O)O)cc2)C1=O)NC(=O)OC(C)(C)C. The number of hydrogen-bond acceptors (Lipinski definition) is 8. The first-order valence-electron chi connectivity index (χ1n) is 16.1. The van der Waals surface area contributed by atoms with Crippen LogP contribution in [-0.2, 0) is 38.6 Å². The summed E-state index contributed by atoms with van der Waals surface area (Å²) in [5.41, 5.74) is 3.43. The number of tetrazole rings is 1. The van der Waals surface area contributed by atoms with Gasteiger partial charge in [-0.2, -0.15) is 0 Å². The second-order valence-corrected chi connectivity index (χ2v) is 13.7. The Kier molecular flexibility index (Phi) is 10.1. The van der Waals surface area contributed by atoms with Gasteiger partial charge in [-0.25, -0.2) is 9.48 Å². The molecule has 3 N–H and O–H groups in total. The van der Waals surface area contributed by atoms with Gasteiger partial charge < -0.3 is 25.4 Å². The normalized spacial score (nSPS) is 14.8. The molecule has 1 atom stereocenters. The van der Waals surface area contributed by atoms with Crippen molar-refractivity contribution in [3.8, 4) is 22.5 Å². The molecule has 0 unspecified atom stereocenters. The Morgan fingerprint density at radius 2 is 1.61 bits per heavy atom. The van der Waals surface area contributed by atoms with Crippen LogP contribution in [0.2, 0.25) is 0 Å². The summed E-state index contributed by atoms with van der Waals surface area (Å²) >= 11 is 0. The summed E-state index contributed by atoms with van der Waals surface area (Å²) in [6, 6.07) is 22.2. The number of aromatic nitrogens is 4. The van der Waals surface area contributed by atoms with E-state index >= 15 is 0 Å². The van der Waals surface area contributed by atoms with E-state index in [0.29, 0.717) is 24.2 Å². The van der Waals surface area contributed by atoms with E-state index in [1.165, 1.54) is 4.68 Å². The summed E-state index contributed by atoms with van der Waals surface area (Å²) < 4.78 is 6.59. The Hall–Kier alpha value is -5.59. The summed E-state index contributed by atoms with van der Waals surface area (Å²) in [5, 5.41) is 26.5. The number of fused-ring (bicyclic) bond motifs is 1. The van der Waals surface area contributed by atoms with E-state index < -0.39 is 29.2 Å². The first kappa shape index (κ1) is 34.7. The zero-order chi connectivity index (χ0) is 35.3. The van der Waals surface area contributed by atoms with Gasteiger partial charge in [-0.15, -0.1) is 5.10 Å². The first-order valence-corrected chi connectivity index (χ1v) is 16.1. The minimum absolute atomic E-state index is 0.0470. The third kappa shape index (κ3) is 8.86. The molecule has 1 aromatic heterocycles. The number of nitrogens with one attached hydrogen (secondary N) is 2. The molecule has 1 aliphatic rings. The number of amides is 3. The first-order chi connectivity index (χ1) is 23.2. The van der Waals surface area contributed by atoms with Gasteiger partial charge in [-0.1, -0.05) is 66.7 Å². The number of hydrogen-bond donors (Lipinski definition) is 3. The largest absolute Gasteiger partial charge is 0.480 e. The molecule has 0 fully saturated rings. The molecular formula is C36H41N7O6. The summed E-state index contributed by atoms with van der Waals surface area (Å²) in [6.45, 7) is 8.65. The molecule has 0 saturated heterocycles. The van der Waals surface area contributed by atoms with Gasteiger partial charge in [0.2, 0.25) is 11.8 Å². The molecule has 256 valence electrons. The van der Waals surface area contributed by atoms with E-state index in [1.54, 1.807) is 39.5 Å². The lowest BCUT2D eigenvalue weighted by atomic mass is 9.98. The Bertz CT molecular complexity index is 1840. The third-order valence-electron chi connectivity index (χ3n) is 7.92. The van der Waals surface area contributed by atoms with E-state index in [9.17, 15) is 24.3 Å². The van der Waals surface area contributed by atoms with E-state index in [0.717, 1.165) is 27.9 Å². The monoisotopic (exact) mass is 667 g/mol. The molecule has 3 aromatic carbocycles.